The summed E-state index contributed by atoms with van der Waals surface area (Å²) in [4.78, 5) is 0.236. The summed E-state index contributed by atoms with van der Waals surface area (Å²) in [6.07, 6.45) is 3.02. The Morgan fingerprint density at radius 3 is 2.41 bits per heavy atom. The lowest BCUT2D eigenvalue weighted by molar-refractivity contribution is 0.157. The van der Waals surface area contributed by atoms with Crippen molar-refractivity contribution >= 4 is 10.1 Å². The van der Waals surface area contributed by atoms with Crippen molar-refractivity contribution in [1.29, 1.82) is 0 Å². The molecule has 5 heteroatoms. The Bertz CT molecular complexity index is 818. The summed E-state index contributed by atoms with van der Waals surface area (Å²) in [6, 6.07) is 17.7. The molecule has 0 saturated heterocycles. The topological polar surface area (TPSA) is 55.4 Å². The largest absolute Gasteiger partial charge is 0.310 e. The third-order valence-corrected chi connectivity index (χ3v) is 6.75. The first-order valence-electron chi connectivity index (χ1n) is 9.67. The van der Waals surface area contributed by atoms with Gasteiger partial charge >= 0.3 is 0 Å². The summed E-state index contributed by atoms with van der Waals surface area (Å²) >= 11 is 0. The van der Waals surface area contributed by atoms with E-state index in [0.29, 0.717) is 12.0 Å². The van der Waals surface area contributed by atoms with E-state index >= 15 is 0 Å². The minimum absolute atomic E-state index is 0.236. The molecular weight excluding hydrogens is 358 g/mol. The Hall–Kier alpha value is -1.69. The highest BCUT2D eigenvalue weighted by molar-refractivity contribution is 7.86. The van der Waals surface area contributed by atoms with Crippen LogP contribution >= 0.6 is 0 Å². The van der Waals surface area contributed by atoms with Crippen molar-refractivity contribution in [2.45, 2.75) is 50.6 Å². The van der Waals surface area contributed by atoms with E-state index < -0.39 is 10.1 Å². The Morgan fingerprint density at radius 2 is 1.74 bits per heavy atom. The van der Waals surface area contributed by atoms with Gasteiger partial charge in [-0.1, -0.05) is 55.0 Å². The molecule has 2 aromatic carbocycles. The quantitative estimate of drug-likeness (QED) is 0.720. The Morgan fingerprint density at radius 1 is 1.04 bits per heavy atom. The fraction of sp³-hybridized carbons (Fsp3) is 0.455. The summed E-state index contributed by atoms with van der Waals surface area (Å²) < 4.78 is 30.1. The molecule has 0 radical (unpaired) electrons. The number of hydrogen-bond acceptors (Lipinski definition) is 4. The molecule has 0 amide bonds. The molecule has 1 aliphatic carbocycles. The lowest BCUT2D eigenvalue weighted by atomic mass is 9.79. The van der Waals surface area contributed by atoms with Crippen LogP contribution in [0.25, 0.3) is 0 Å². The average Bonchev–Trinajstić information content (AvgIpc) is 2.67. The molecule has 0 heterocycles. The van der Waals surface area contributed by atoms with Crippen LogP contribution in [-0.4, -0.2) is 21.1 Å². The van der Waals surface area contributed by atoms with Crippen molar-refractivity contribution < 1.29 is 12.6 Å². The molecule has 1 fully saturated rings. The first-order chi connectivity index (χ1) is 12.9. The molecule has 4 nitrogen and oxygen atoms in total. The molecule has 1 N–H and O–H groups in total. The predicted octanol–water partition coefficient (Wildman–Crippen LogP) is 4.29. The van der Waals surface area contributed by atoms with Crippen molar-refractivity contribution in [3.8, 4) is 0 Å². The van der Waals surface area contributed by atoms with Gasteiger partial charge in [-0.05, 0) is 55.7 Å². The molecule has 146 valence electrons. The van der Waals surface area contributed by atoms with Gasteiger partial charge in [-0.15, -0.1) is 0 Å². The van der Waals surface area contributed by atoms with Crippen LogP contribution < -0.4 is 5.32 Å². The molecule has 3 atom stereocenters. The zero-order valence-electron chi connectivity index (χ0n) is 16.1. The number of benzene rings is 2. The molecule has 0 bridgehead atoms. The summed E-state index contributed by atoms with van der Waals surface area (Å²) in [5, 5.41) is 3.65. The van der Waals surface area contributed by atoms with Gasteiger partial charge in [0.1, 0.15) is 0 Å². The minimum atomic E-state index is -3.67. The van der Waals surface area contributed by atoms with E-state index in [0.717, 1.165) is 31.4 Å². The van der Waals surface area contributed by atoms with Gasteiger partial charge in [0.15, 0.2) is 0 Å². The van der Waals surface area contributed by atoms with Gasteiger partial charge in [0.2, 0.25) is 0 Å². The van der Waals surface area contributed by atoms with Crippen LogP contribution in [0.2, 0.25) is 0 Å². The van der Waals surface area contributed by atoms with Crippen LogP contribution in [0.4, 0.5) is 0 Å². The monoisotopic (exact) mass is 387 g/mol. The number of hydrogen-bond donors (Lipinski definition) is 1. The van der Waals surface area contributed by atoms with E-state index in [9.17, 15) is 8.42 Å². The van der Waals surface area contributed by atoms with Crippen molar-refractivity contribution in [3.63, 3.8) is 0 Å². The van der Waals surface area contributed by atoms with Gasteiger partial charge in [0, 0.05) is 12.6 Å². The fourth-order valence-corrected chi connectivity index (χ4v) is 4.74. The van der Waals surface area contributed by atoms with Crippen LogP contribution in [0.5, 0.6) is 0 Å². The summed E-state index contributed by atoms with van der Waals surface area (Å²) in [5.74, 6) is 0.785. The van der Waals surface area contributed by atoms with E-state index in [4.69, 9.17) is 4.18 Å². The molecule has 3 unspecified atom stereocenters. The molecule has 1 aliphatic rings. The zero-order valence-corrected chi connectivity index (χ0v) is 16.9. The number of aryl methyl sites for hydroxylation is 1. The van der Waals surface area contributed by atoms with Crippen molar-refractivity contribution in [2.75, 3.05) is 6.61 Å². The van der Waals surface area contributed by atoms with E-state index in [1.807, 2.05) is 13.0 Å². The van der Waals surface area contributed by atoms with Crippen molar-refractivity contribution in [1.82, 2.24) is 5.32 Å². The number of rotatable bonds is 7. The molecule has 1 saturated carbocycles. The van der Waals surface area contributed by atoms with Gasteiger partial charge in [0.05, 0.1) is 11.5 Å². The highest BCUT2D eigenvalue weighted by Gasteiger charge is 2.28. The summed E-state index contributed by atoms with van der Waals surface area (Å²) in [6.45, 7) is 5.32. The maximum Gasteiger partial charge on any atom is 0.296 e. The van der Waals surface area contributed by atoms with Gasteiger partial charge in [-0.3, -0.25) is 4.18 Å². The van der Waals surface area contributed by atoms with E-state index in [-0.39, 0.29) is 17.4 Å². The van der Waals surface area contributed by atoms with Gasteiger partial charge in [0.25, 0.3) is 10.1 Å². The number of nitrogens with one attached hydrogen (secondary N) is 1. The Labute approximate surface area is 163 Å². The minimum Gasteiger partial charge on any atom is -0.310 e. The molecule has 3 rings (SSSR count). The Balaban J connectivity index is 1.47. The van der Waals surface area contributed by atoms with E-state index in [2.05, 4.69) is 36.5 Å². The third-order valence-electron chi connectivity index (χ3n) is 5.46. The highest BCUT2D eigenvalue weighted by atomic mass is 32.2. The van der Waals surface area contributed by atoms with Crippen LogP contribution in [0.3, 0.4) is 0 Å². The fourth-order valence-electron chi connectivity index (χ4n) is 3.77. The Kier molecular flexibility index (Phi) is 6.68. The lowest BCUT2D eigenvalue weighted by Crippen LogP contribution is -2.40. The molecule has 2 aromatic rings. The average molecular weight is 388 g/mol. The highest BCUT2D eigenvalue weighted by Crippen LogP contribution is 2.30. The normalized spacial score (nSPS) is 23.3. The van der Waals surface area contributed by atoms with E-state index in [1.165, 1.54) is 5.56 Å². The van der Waals surface area contributed by atoms with Crippen LogP contribution in [0, 0.1) is 18.8 Å². The summed E-state index contributed by atoms with van der Waals surface area (Å²) in [7, 11) is -3.67. The molecular formula is C22H29NO3S. The van der Waals surface area contributed by atoms with Crippen molar-refractivity contribution in [3.05, 3.63) is 65.7 Å². The maximum atomic E-state index is 12.4. The maximum absolute atomic E-state index is 12.4. The van der Waals surface area contributed by atoms with Crippen LogP contribution in [-0.2, 0) is 20.8 Å². The standard InChI is InChI=1S/C22H29NO3S/c1-17-8-11-21(12-9-17)27(24,25)26-16-20-10-13-22(18(2)14-20)23-15-19-6-4-3-5-7-19/h3-9,11-12,18,20,22-23H,10,13-16H2,1-2H3. The second kappa shape index (κ2) is 9.00. The third kappa shape index (κ3) is 5.64. The van der Waals surface area contributed by atoms with Crippen LogP contribution in [0.1, 0.15) is 37.3 Å². The van der Waals surface area contributed by atoms with E-state index in [1.54, 1.807) is 24.3 Å². The predicted molar refractivity (Wildman–Crippen MR) is 108 cm³/mol. The smallest absolute Gasteiger partial charge is 0.296 e. The first kappa shape index (κ1) is 20.1. The lowest BCUT2D eigenvalue weighted by Gasteiger charge is -2.34. The summed E-state index contributed by atoms with van der Waals surface area (Å²) in [5.41, 5.74) is 2.32. The molecule has 27 heavy (non-hydrogen) atoms. The second-order valence-corrected chi connectivity index (χ2v) is 9.30. The van der Waals surface area contributed by atoms with Gasteiger partial charge in [-0.2, -0.15) is 8.42 Å². The molecule has 0 spiro atoms. The molecule has 0 aliphatic heterocycles. The van der Waals surface area contributed by atoms with Gasteiger partial charge < -0.3 is 5.32 Å². The SMILES string of the molecule is Cc1ccc(S(=O)(=O)OCC2CCC(NCc3ccccc3)C(C)C2)cc1. The zero-order chi connectivity index (χ0) is 19.3. The van der Waals surface area contributed by atoms with Crippen LogP contribution in [0.15, 0.2) is 59.5 Å². The van der Waals surface area contributed by atoms with Crippen molar-refractivity contribution in [2.24, 2.45) is 11.8 Å². The van der Waals surface area contributed by atoms with Gasteiger partial charge in [-0.25, -0.2) is 0 Å². The molecule has 0 aromatic heterocycles. The first-order valence-corrected chi connectivity index (χ1v) is 11.1. The second-order valence-electron chi connectivity index (χ2n) is 7.68.